The van der Waals surface area contributed by atoms with E-state index in [1.165, 1.54) is 11.1 Å². The second kappa shape index (κ2) is 8.11. The lowest BCUT2D eigenvalue weighted by Crippen LogP contribution is -2.48. The lowest BCUT2D eigenvalue weighted by molar-refractivity contribution is -0.145. The van der Waals surface area contributed by atoms with Crippen molar-refractivity contribution in [3.05, 3.63) is 34.9 Å². The Bertz CT molecular complexity index is 544. The number of carbonyl (C=O) groups is 2. The molecule has 1 aliphatic rings. The van der Waals surface area contributed by atoms with E-state index in [2.05, 4.69) is 23.5 Å². The van der Waals surface area contributed by atoms with Crippen LogP contribution in [0.25, 0.3) is 0 Å². The van der Waals surface area contributed by atoms with Gasteiger partial charge >= 0.3 is 5.97 Å². The summed E-state index contributed by atoms with van der Waals surface area (Å²) in [5.41, 5.74) is 3.44. The summed E-state index contributed by atoms with van der Waals surface area (Å²) in [7, 11) is 0. The van der Waals surface area contributed by atoms with Crippen LogP contribution in [0.2, 0.25) is 0 Å². The molecule has 0 spiro atoms. The molecular formula is C18H25NO4. The van der Waals surface area contributed by atoms with E-state index >= 15 is 0 Å². The molecule has 2 atom stereocenters. The van der Waals surface area contributed by atoms with Gasteiger partial charge in [0.2, 0.25) is 5.91 Å². The molecule has 23 heavy (non-hydrogen) atoms. The molecule has 1 heterocycles. The molecule has 0 saturated carbocycles. The number of hydrogen-bond donors (Lipinski definition) is 2. The number of carbonyl (C=O) groups excluding carboxylic acids is 1. The Labute approximate surface area is 137 Å². The van der Waals surface area contributed by atoms with Crippen LogP contribution in [0.3, 0.4) is 0 Å². The van der Waals surface area contributed by atoms with Gasteiger partial charge in [-0.25, -0.2) is 4.79 Å². The Morgan fingerprint density at radius 3 is 2.57 bits per heavy atom. The Hall–Kier alpha value is -1.88. The summed E-state index contributed by atoms with van der Waals surface area (Å²) in [6.07, 6.45) is 2.52. The normalized spacial score (nSPS) is 19.1. The van der Waals surface area contributed by atoms with Crippen LogP contribution in [0.5, 0.6) is 0 Å². The molecule has 0 bridgehead atoms. The smallest absolute Gasteiger partial charge is 0.326 e. The van der Waals surface area contributed by atoms with E-state index in [1.54, 1.807) is 0 Å². The number of benzene rings is 1. The molecule has 1 aromatic rings. The maximum Gasteiger partial charge on any atom is 0.326 e. The van der Waals surface area contributed by atoms with Crippen molar-refractivity contribution in [1.82, 2.24) is 5.32 Å². The van der Waals surface area contributed by atoms with Crippen molar-refractivity contribution in [3.63, 3.8) is 0 Å². The van der Waals surface area contributed by atoms with Crippen LogP contribution in [0.4, 0.5) is 0 Å². The minimum absolute atomic E-state index is 0.147. The summed E-state index contributed by atoms with van der Waals surface area (Å²) in [6, 6.07) is 5.35. The van der Waals surface area contributed by atoms with Crippen LogP contribution in [0, 0.1) is 19.8 Å². The highest BCUT2D eigenvalue weighted by atomic mass is 16.5. The second-order valence-corrected chi connectivity index (χ2v) is 6.36. The number of nitrogens with one attached hydrogen (secondary N) is 1. The van der Waals surface area contributed by atoms with E-state index in [1.807, 2.05) is 13.8 Å². The number of carboxylic acid groups (broad SMARTS) is 1. The molecule has 2 rings (SSSR count). The lowest BCUT2D eigenvalue weighted by Gasteiger charge is -2.28. The van der Waals surface area contributed by atoms with Crippen LogP contribution in [-0.4, -0.2) is 36.2 Å². The van der Waals surface area contributed by atoms with Crippen molar-refractivity contribution in [2.45, 2.75) is 45.6 Å². The molecule has 1 fully saturated rings. The minimum atomic E-state index is -0.986. The third-order valence-corrected chi connectivity index (χ3v) is 4.17. The van der Waals surface area contributed by atoms with Gasteiger partial charge in [0.1, 0.15) is 6.04 Å². The summed E-state index contributed by atoms with van der Waals surface area (Å²) in [5.74, 6) is -1.35. The van der Waals surface area contributed by atoms with Crippen LogP contribution in [0.1, 0.15) is 36.0 Å². The van der Waals surface area contributed by atoms with Crippen LogP contribution >= 0.6 is 0 Å². The lowest BCUT2D eigenvalue weighted by atomic mass is 9.93. The zero-order valence-electron chi connectivity index (χ0n) is 13.8. The van der Waals surface area contributed by atoms with E-state index in [4.69, 9.17) is 4.74 Å². The predicted molar refractivity (Wildman–Crippen MR) is 87.3 cm³/mol. The topological polar surface area (TPSA) is 75.6 Å². The molecule has 1 aliphatic heterocycles. The van der Waals surface area contributed by atoms with Gasteiger partial charge in [0.15, 0.2) is 0 Å². The van der Waals surface area contributed by atoms with Gasteiger partial charge in [0, 0.05) is 18.9 Å². The molecule has 2 unspecified atom stereocenters. The summed E-state index contributed by atoms with van der Waals surface area (Å²) < 4.78 is 5.34. The zero-order valence-corrected chi connectivity index (χ0v) is 13.8. The van der Waals surface area contributed by atoms with E-state index in [-0.39, 0.29) is 11.8 Å². The molecule has 0 aromatic heterocycles. The van der Waals surface area contributed by atoms with Crippen LogP contribution in [0.15, 0.2) is 18.2 Å². The Morgan fingerprint density at radius 1 is 1.30 bits per heavy atom. The van der Waals surface area contributed by atoms with Gasteiger partial charge in [-0.1, -0.05) is 29.3 Å². The van der Waals surface area contributed by atoms with Gasteiger partial charge in [-0.05, 0) is 38.7 Å². The van der Waals surface area contributed by atoms with Crippen molar-refractivity contribution in [1.29, 1.82) is 0 Å². The highest BCUT2D eigenvalue weighted by molar-refractivity contribution is 5.83. The fourth-order valence-electron chi connectivity index (χ4n) is 3.13. The van der Waals surface area contributed by atoms with Crippen molar-refractivity contribution in [2.75, 3.05) is 13.2 Å². The molecule has 5 heteroatoms. The van der Waals surface area contributed by atoms with E-state index in [0.29, 0.717) is 26.1 Å². The molecule has 5 nitrogen and oxygen atoms in total. The van der Waals surface area contributed by atoms with Crippen LogP contribution in [-0.2, 0) is 20.7 Å². The number of hydrogen-bond acceptors (Lipinski definition) is 3. The first-order chi connectivity index (χ1) is 11.0. The first-order valence-electron chi connectivity index (χ1n) is 8.13. The number of aryl methyl sites for hydroxylation is 3. The maximum absolute atomic E-state index is 12.1. The zero-order chi connectivity index (χ0) is 16.8. The van der Waals surface area contributed by atoms with E-state index in [9.17, 15) is 14.7 Å². The first kappa shape index (κ1) is 17.5. The van der Waals surface area contributed by atoms with Crippen molar-refractivity contribution in [2.24, 2.45) is 5.92 Å². The second-order valence-electron chi connectivity index (χ2n) is 6.36. The quantitative estimate of drug-likeness (QED) is 0.843. The molecule has 1 saturated heterocycles. The Kier molecular flexibility index (Phi) is 6.16. The molecule has 126 valence electrons. The fraction of sp³-hybridized carbons (Fsp3) is 0.556. The summed E-state index contributed by atoms with van der Waals surface area (Å²) in [5, 5.41) is 12.0. The fourth-order valence-corrected chi connectivity index (χ4v) is 3.13. The van der Waals surface area contributed by atoms with Gasteiger partial charge in [0.05, 0.1) is 6.61 Å². The average Bonchev–Trinajstić information content (AvgIpc) is 2.50. The summed E-state index contributed by atoms with van der Waals surface area (Å²) >= 11 is 0. The van der Waals surface area contributed by atoms with Gasteiger partial charge in [-0.2, -0.15) is 0 Å². The van der Waals surface area contributed by atoms with Gasteiger partial charge in [-0.15, -0.1) is 0 Å². The standard InChI is InChI=1S/C18H25NO4/c1-12-8-13(2)10-14(9-12)5-6-16(20)19-17(18(21)22)15-4-3-7-23-11-15/h8-10,15,17H,3-7,11H2,1-2H3,(H,19,20)(H,21,22). The van der Waals surface area contributed by atoms with Crippen molar-refractivity contribution < 1.29 is 19.4 Å². The van der Waals surface area contributed by atoms with Gasteiger partial charge in [0.25, 0.3) is 0 Å². The molecule has 2 N–H and O–H groups in total. The Morgan fingerprint density at radius 2 is 2.00 bits per heavy atom. The maximum atomic E-state index is 12.1. The molecular weight excluding hydrogens is 294 g/mol. The van der Waals surface area contributed by atoms with Gasteiger partial charge < -0.3 is 15.2 Å². The first-order valence-corrected chi connectivity index (χ1v) is 8.13. The predicted octanol–water partition coefficient (Wildman–Crippen LogP) is 2.23. The molecule has 1 aromatic carbocycles. The number of amides is 1. The average molecular weight is 319 g/mol. The summed E-state index contributed by atoms with van der Waals surface area (Å²) in [6.45, 7) is 5.12. The van der Waals surface area contributed by atoms with Crippen LogP contribution < -0.4 is 5.32 Å². The number of carboxylic acids is 1. The molecule has 0 aliphatic carbocycles. The van der Waals surface area contributed by atoms with E-state index < -0.39 is 12.0 Å². The van der Waals surface area contributed by atoms with E-state index in [0.717, 1.165) is 18.4 Å². The molecule has 0 radical (unpaired) electrons. The highest BCUT2D eigenvalue weighted by Crippen LogP contribution is 2.18. The number of aliphatic carboxylic acids is 1. The SMILES string of the molecule is Cc1cc(C)cc(CCC(=O)NC(C(=O)O)C2CCCOC2)c1. The third-order valence-electron chi connectivity index (χ3n) is 4.17. The minimum Gasteiger partial charge on any atom is -0.480 e. The van der Waals surface area contributed by atoms with Crippen molar-refractivity contribution in [3.8, 4) is 0 Å². The number of ether oxygens (including phenoxy) is 1. The molecule has 1 amide bonds. The largest absolute Gasteiger partial charge is 0.480 e. The number of rotatable bonds is 6. The highest BCUT2D eigenvalue weighted by Gasteiger charge is 2.31. The summed E-state index contributed by atoms with van der Waals surface area (Å²) in [4.78, 5) is 23.6. The monoisotopic (exact) mass is 319 g/mol. The third kappa shape index (κ3) is 5.36. The van der Waals surface area contributed by atoms with Gasteiger partial charge in [-0.3, -0.25) is 4.79 Å². The van der Waals surface area contributed by atoms with Crippen molar-refractivity contribution >= 4 is 11.9 Å². The Balaban J connectivity index is 1.89.